The van der Waals surface area contributed by atoms with Gasteiger partial charge < -0.3 is 14.9 Å². The molecule has 2 N–H and O–H groups in total. The molecule has 0 radical (unpaired) electrons. The Kier molecular flexibility index (Phi) is 2.45. The fourth-order valence-electron chi connectivity index (χ4n) is 1.02. The highest BCUT2D eigenvalue weighted by Gasteiger charge is 2.22. The highest BCUT2D eigenvalue weighted by molar-refractivity contribution is 4.72. The quantitative estimate of drug-likeness (QED) is 0.533. The lowest BCUT2D eigenvalue weighted by Crippen LogP contribution is -2.28. The van der Waals surface area contributed by atoms with Crippen molar-refractivity contribution in [2.45, 2.75) is 25.0 Å². The number of rotatable bonds is 2. The molecule has 1 rings (SSSR count). The molecule has 3 nitrogen and oxygen atoms in total. The van der Waals surface area contributed by atoms with Crippen LogP contribution >= 0.6 is 0 Å². The standard InChI is InChI=1S/C6H12O3/c7-4-5(8)6-2-1-3-9-6/h5-8H,1-4H2/t5?,6-/m0/s1. The lowest BCUT2D eigenvalue weighted by atomic mass is 10.1. The van der Waals surface area contributed by atoms with Crippen LogP contribution in [0.5, 0.6) is 0 Å². The molecule has 0 saturated carbocycles. The van der Waals surface area contributed by atoms with Gasteiger partial charge in [0, 0.05) is 6.61 Å². The Labute approximate surface area is 54.3 Å². The summed E-state index contributed by atoms with van der Waals surface area (Å²) in [6, 6.07) is 0. The van der Waals surface area contributed by atoms with E-state index in [2.05, 4.69) is 0 Å². The van der Waals surface area contributed by atoms with Crippen molar-refractivity contribution in [2.75, 3.05) is 13.2 Å². The zero-order valence-electron chi connectivity index (χ0n) is 5.29. The minimum atomic E-state index is -0.674. The van der Waals surface area contributed by atoms with Gasteiger partial charge in [0.2, 0.25) is 0 Å². The molecular formula is C6H12O3. The first-order chi connectivity index (χ1) is 4.34. The first-order valence-corrected chi connectivity index (χ1v) is 3.25. The summed E-state index contributed by atoms with van der Waals surface area (Å²) in [4.78, 5) is 0. The van der Waals surface area contributed by atoms with E-state index in [9.17, 15) is 0 Å². The van der Waals surface area contributed by atoms with Crippen molar-refractivity contribution >= 4 is 0 Å². The van der Waals surface area contributed by atoms with Crippen LogP contribution in [0.25, 0.3) is 0 Å². The van der Waals surface area contributed by atoms with Crippen LogP contribution in [-0.2, 0) is 4.74 Å². The lowest BCUT2D eigenvalue weighted by Gasteiger charge is -2.13. The van der Waals surface area contributed by atoms with Crippen LogP contribution in [0.15, 0.2) is 0 Å². The molecule has 0 aliphatic carbocycles. The van der Waals surface area contributed by atoms with Gasteiger partial charge in [-0.05, 0) is 12.8 Å². The van der Waals surface area contributed by atoms with Crippen LogP contribution in [0, 0.1) is 0 Å². The van der Waals surface area contributed by atoms with Crippen LogP contribution < -0.4 is 0 Å². The summed E-state index contributed by atoms with van der Waals surface area (Å²) < 4.78 is 5.10. The number of hydrogen-bond acceptors (Lipinski definition) is 3. The normalized spacial score (nSPS) is 30.7. The molecule has 1 saturated heterocycles. The second-order valence-electron chi connectivity index (χ2n) is 2.30. The number of aliphatic hydroxyl groups is 2. The van der Waals surface area contributed by atoms with Crippen molar-refractivity contribution in [1.29, 1.82) is 0 Å². The van der Waals surface area contributed by atoms with Gasteiger partial charge >= 0.3 is 0 Å². The smallest absolute Gasteiger partial charge is 0.103 e. The summed E-state index contributed by atoms with van der Waals surface area (Å²) in [7, 11) is 0. The van der Waals surface area contributed by atoms with Gasteiger partial charge in [-0.3, -0.25) is 0 Å². The van der Waals surface area contributed by atoms with Gasteiger partial charge in [-0.25, -0.2) is 0 Å². The van der Waals surface area contributed by atoms with E-state index < -0.39 is 6.10 Å². The van der Waals surface area contributed by atoms with E-state index in [1.54, 1.807) is 0 Å². The van der Waals surface area contributed by atoms with Crippen molar-refractivity contribution in [3.05, 3.63) is 0 Å². The number of hydrogen-bond donors (Lipinski definition) is 2. The second kappa shape index (κ2) is 3.15. The number of aliphatic hydroxyl groups excluding tert-OH is 2. The minimum absolute atomic E-state index is 0.116. The Morgan fingerprint density at radius 3 is 2.89 bits per heavy atom. The van der Waals surface area contributed by atoms with Crippen LogP contribution in [0.2, 0.25) is 0 Å². The molecule has 0 bridgehead atoms. The van der Waals surface area contributed by atoms with E-state index in [-0.39, 0.29) is 12.7 Å². The highest BCUT2D eigenvalue weighted by Crippen LogP contribution is 2.14. The number of ether oxygens (including phenoxy) is 1. The SMILES string of the molecule is OCC(O)[C@@H]1CCCO1. The Morgan fingerprint density at radius 1 is 1.67 bits per heavy atom. The molecule has 0 spiro atoms. The molecule has 1 fully saturated rings. The van der Waals surface area contributed by atoms with Crippen molar-refractivity contribution in [1.82, 2.24) is 0 Å². The molecule has 9 heavy (non-hydrogen) atoms. The van der Waals surface area contributed by atoms with E-state index in [0.29, 0.717) is 0 Å². The van der Waals surface area contributed by atoms with Crippen molar-refractivity contribution in [3.8, 4) is 0 Å². The van der Waals surface area contributed by atoms with Gasteiger partial charge in [0.05, 0.1) is 12.7 Å². The van der Waals surface area contributed by atoms with Crippen LogP contribution in [0.1, 0.15) is 12.8 Å². The van der Waals surface area contributed by atoms with Crippen LogP contribution in [0.4, 0.5) is 0 Å². The Morgan fingerprint density at radius 2 is 2.44 bits per heavy atom. The first-order valence-electron chi connectivity index (χ1n) is 3.25. The minimum Gasteiger partial charge on any atom is -0.394 e. The van der Waals surface area contributed by atoms with Gasteiger partial charge in [0.25, 0.3) is 0 Å². The molecule has 0 aromatic rings. The molecular weight excluding hydrogens is 120 g/mol. The maximum atomic E-state index is 8.98. The van der Waals surface area contributed by atoms with E-state index in [1.165, 1.54) is 0 Å². The third-order valence-corrected chi connectivity index (χ3v) is 1.58. The maximum Gasteiger partial charge on any atom is 0.103 e. The largest absolute Gasteiger partial charge is 0.394 e. The molecule has 3 heteroatoms. The van der Waals surface area contributed by atoms with E-state index in [4.69, 9.17) is 14.9 Å². The van der Waals surface area contributed by atoms with E-state index in [1.807, 2.05) is 0 Å². The molecule has 1 unspecified atom stereocenters. The zero-order chi connectivity index (χ0) is 6.69. The molecule has 1 heterocycles. The average molecular weight is 132 g/mol. The average Bonchev–Trinajstić information content (AvgIpc) is 2.37. The molecule has 1 aliphatic heterocycles. The summed E-state index contributed by atoms with van der Waals surface area (Å²) in [6.45, 7) is 0.534. The van der Waals surface area contributed by atoms with Crippen molar-refractivity contribution in [3.63, 3.8) is 0 Å². The van der Waals surface area contributed by atoms with Gasteiger partial charge in [-0.1, -0.05) is 0 Å². The molecule has 0 aromatic carbocycles. The third kappa shape index (κ3) is 1.64. The Balaban J connectivity index is 2.24. The molecule has 0 amide bonds. The Bertz CT molecular complexity index is 78.4. The van der Waals surface area contributed by atoms with Crippen LogP contribution in [-0.4, -0.2) is 35.6 Å². The van der Waals surface area contributed by atoms with E-state index >= 15 is 0 Å². The molecule has 0 aromatic heterocycles. The second-order valence-corrected chi connectivity index (χ2v) is 2.30. The first kappa shape index (κ1) is 6.99. The summed E-state index contributed by atoms with van der Waals surface area (Å²) in [5, 5.41) is 17.4. The van der Waals surface area contributed by atoms with Gasteiger partial charge in [0.1, 0.15) is 6.10 Å². The van der Waals surface area contributed by atoms with Gasteiger partial charge in [-0.15, -0.1) is 0 Å². The fraction of sp³-hybridized carbons (Fsp3) is 1.00. The van der Waals surface area contributed by atoms with E-state index in [0.717, 1.165) is 19.4 Å². The van der Waals surface area contributed by atoms with Gasteiger partial charge in [-0.2, -0.15) is 0 Å². The fourth-order valence-corrected chi connectivity index (χ4v) is 1.02. The maximum absolute atomic E-state index is 8.98. The van der Waals surface area contributed by atoms with Crippen molar-refractivity contribution in [2.24, 2.45) is 0 Å². The monoisotopic (exact) mass is 132 g/mol. The summed E-state index contributed by atoms with van der Waals surface area (Å²) in [5.41, 5.74) is 0. The summed E-state index contributed by atoms with van der Waals surface area (Å²) in [5.74, 6) is 0. The Hall–Kier alpha value is -0.120. The predicted molar refractivity (Wildman–Crippen MR) is 32.1 cm³/mol. The summed E-state index contributed by atoms with van der Waals surface area (Å²) >= 11 is 0. The van der Waals surface area contributed by atoms with Gasteiger partial charge in [0.15, 0.2) is 0 Å². The zero-order valence-corrected chi connectivity index (χ0v) is 5.29. The van der Waals surface area contributed by atoms with Crippen LogP contribution in [0.3, 0.4) is 0 Å². The highest BCUT2D eigenvalue weighted by atomic mass is 16.5. The third-order valence-electron chi connectivity index (χ3n) is 1.58. The molecule has 1 aliphatic rings. The molecule has 54 valence electrons. The summed E-state index contributed by atoms with van der Waals surface area (Å²) in [6.07, 6.45) is 1.09. The predicted octanol–water partition coefficient (Wildman–Crippen LogP) is -0.481. The topological polar surface area (TPSA) is 49.7 Å². The molecule has 2 atom stereocenters. The van der Waals surface area contributed by atoms with Crippen molar-refractivity contribution < 1.29 is 14.9 Å². The lowest BCUT2D eigenvalue weighted by molar-refractivity contribution is -0.0282.